The highest BCUT2D eigenvalue weighted by Gasteiger charge is 2.02. The van der Waals surface area contributed by atoms with Gasteiger partial charge in [0.25, 0.3) is 0 Å². The molecular formula is C12H13ClIN3. The molecule has 0 amide bonds. The predicted octanol–water partition coefficient (Wildman–Crippen LogP) is 3.77. The number of benzene rings is 1. The Morgan fingerprint density at radius 1 is 1.47 bits per heavy atom. The molecule has 17 heavy (non-hydrogen) atoms. The van der Waals surface area contributed by atoms with E-state index >= 15 is 0 Å². The molecule has 0 radical (unpaired) electrons. The van der Waals surface area contributed by atoms with Crippen molar-refractivity contribution in [3.63, 3.8) is 0 Å². The molecule has 0 aliphatic heterocycles. The number of rotatable bonds is 4. The zero-order valence-electron chi connectivity index (χ0n) is 9.45. The van der Waals surface area contributed by atoms with E-state index in [4.69, 9.17) is 11.6 Å². The van der Waals surface area contributed by atoms with Crippen LogP contribution in [-0.4, -0.2) is 9.78 Å². The minimum absolute atomic E-state index is 0.736. The maximum absolute atomic E-state index is 6.11. The van der Waals surface area contributed by atoms with Crippen molar-refractivity contribution in [1.82, 2.24) is 9.78 Å². The van der Waals surface area contributed by atoms with Gasteiger partial charge >= 0.3 is 0 Å². The van der Waals surface area contributed by atoms with Crippen LogP contribution in [0.25, 0.3) is 0 Å². The molecule has 0 aliphatic rings. The summed E-state index contributed by atoms with van der Waals surface area (Å²) >= 11 is 8.38. The molecule has 0 saturated heterocycles. The van der Waals surface area contributed by atoms with Crippen LogP contribution in [0.3, 0.4) is 0 Å². The molecule has 0 unspecified atom stereocenters. The Labute approximate surface area is 119 Å². The Hall–Kier alpha value is -0.750. The first-order valence-corrected chi connectivity index (χ1v) is 6.85. The molecule has 90 valence electrons. The van der Waals surface area contributed by atoms with Crippen LogP contribution in [0, 0.1) is 3.57 Å². The average Bonchev–Trinajstić information content (AvgIpc) is 2.78. The van der Waals surface area contributed by atoms with Gasteiger partial charge in [0.1, 0.15) is 0 Å². The molecule has 0 saturated carbocycles. The molecule has 0 atom stereocenters. The van der Waals surface area contributed by atoms with E-state index in [1.54, 1.807) is 0 Å². The molecule has 5 heteroatoms. The lowest BCUT2D eigenvalue weighted by Gasteiger charge is -2.07. The third kappa shape index (κ3) is 3.35. The summed E-state index contributed by atoms with van der Waals surface area (Å²) in [5.41, 5.74) is 2.12. The van der Waals surface area contributed by atoms with Crippen LogP contribution in [0.4, 0.5) is 5.69 Å². The Morgan fingerprint density at radius 3 is 3.00 bits per heavy atom. The highest BCUT2D eigenvalue weighted by atomic mass is 127. The second kappa shape index (κ2) is 5.73. The van der Waals surface area contributed by atoms with Crippen molar-refractivity contribution in [1.29, 1.82) is 0 Å². The molecule has 0 bridgehead atoms. The van der Waals surface area contributed by atoms with E-state index < -0.39 is 0 Å². The zero-order valence-corrected chi connectivity index (χ0v) is 12.4. The highest BCUT2D eigenvalue weighted by molar-refractivity contribution is 14.1. The van der Waals surface area contributed by atoms with Crippen molar-refractivity contribution in [2.75, 3.05) is 5.32 Å². The van der Waals surface area contributed by atoms with Gasteiger partial charge in [-0.05, 0) is 47.7 Å². The number of nitrogens with one attached hydrogen (secondary N) is 1. The van der Waals surface area contributed by atoms with Crippen molar-refractivity contribution in [2.45, 2.75) is 20.0 Å². The van der Waals surface area contributed by atoms with E-state index in [0.29, 0.717) is 0 Å². The van der Waals surface area contributed by atoms with Gasteiger partial charge in [-0.2, -0.15) is 5.10 Å². The first-order chi connectivity index (χ1) is 8.19. The third-order valence-electron chi connectivity index (χ3n) is 2.42. The fourth-order valence-electron chi connectivity index (χ4n) is 1.50. The van der Waals surface area contributed by atoms with E-state index in [9.17, 15) is 0 Å². The average molecular weight is 362 g/mol. The number of nitrogens with zero attached hydrogens (tertiary/aromatic N) is 2. The van der Waals surface area contributed by atoms with Crippen LogP contribution in [0.5, 0.6) is 0 Å². The molecule has 0 fully saturated rings. The van der Waals surface area contributed by atoms with E-state index in [1.165, 1.54) is 3.57 Å². The first kappa shape index (κ1) is 12.7. The zero-order chi connectivity index (χ0) is 12.3. The summed E-state index contributed by atoms with van der Waals surface area (Å²) in [6, 6.07) is 5.93. The van der Waals surface area contributed by atoms with Crippen molar-refractivity contribution < 1.29 is 0 Å². The van der Waals surface area contributed by atoms with Gasteiger partial charge in [0.15, 0.2) is 0 Å². The molecule has 0 aliphatic carbocycles. The molecule has 2 rings (SSSR count). The minimum Gasteiger partial charge on any atom is -0.380 e. The molecule has 1 aromatic carbocycles. The summed E-state index contributed by atoms with van der Waals surface area (Å²) in [5.74, 6) is 0. The second-order valence-corrected chi connectivity index (χ2v) is 5.33. The van der Waals surface area contributed by atoms with E-state index in [0.717, 1.165) is 29.4 Å². The molecule has 1 heterocycles. The van der Waals surface area contributed by atoms with Crippen LogP contribution in [0.2, 0.25) is 5.02 Å². The normalized spacial score (nSPS) is 10.5. The maximum Gasteiger partial charge on any atom is 0.0638 e. The lowest BCUT2D eigenvalue weighted by molar-refractivity contribution is 0.659. The Morgan fingerprint density at radius 2 is 2.29 bits per heavy atom. The Bertz CT molecular complexity index is 510. The monoisotopic (exact) mass is 361 g/mol. The highest BCUT2D eigenvalue weighted by Crippen LogP contribution is 2.24. The maximum atomic E-state index is 6.11. The summed E-state index contributed by atoms with van der Waals surface area (Å²) < 4.78 is 3.08. The van der Waals surface area contributed by atoms with Crippen LogP contribution in [-0.2, 0) is 13.1 Å². The fraction of sp³-hybridized carbons (Fsp3) is 0.250. The summed E-state index contributed by atoms with van der Waals surface area (Å²) in [7, 11) is 0. The van der Waals surface area contributed by atoms with E-state index in [2.05, 4.69) is 39.9 Å². The van der Waals surface area contributed by atoms with Crippen molar-refractivity contribution in [3.8, 4) is 0 Å². The summed E-state index contributed by atoms with van der Waals surface area (Å²) in [6.07, 6.45) is 3.91. The van der Waals surface area contributed by atoms with Gasteiger partial charge in [0, 0.05) is 28.4 Å². The lowest BCUT2D eigenvalue weighted by Crippen LogP contribution is -1.99. The number of aromatic nitrogens is 2. The van der Waals surface area contributed by atoms with Crippen molar-refractivity contribution >= 4 is 39.9 Å². The summed E-state index contributed by atoms with van der Waals surface area (Å²) in [6.45, 7) is 3.70. The smallest absolute Gasteiger partial charge is 0.0638 e. The largest absolute Gasteiger partial charge is 0.380 e. The molecule has 0 spiro atoms. The van der Waals surface area contributed by atoms with Gasteiger partial charge in [-0.25, -0.2) is 0 Å². The number of hydrogen-bond donors (Lipinski definition) is 1. The van der Waals surface area contributed by atoms with Crippen LogP contribution in [0.1, 0.15) is 12.5 Å². The number of aryl methyl sites for hydroxylation is 1. The fourth-order valence-corrected chi connectivity index (χ4v) is 2.18. The first-order valence-electron chi connectivity index (χ1n) is 5.39. The third-order valence-corrected chi connectivity index (χ3v) is 3.42. The van der Waals surface area contributed by atoms with Crippen LogP contribution < -0.4 is 5.32 Å². The Balaban J connectivity index is 2.04. The second-order valence-electron chi connectivity index (χ2n) is 3.68. The van der Waals surface area contributed by atoms with Gasteiger partial charge in [-0.1, -0.05) is 11.6 Å². The quantitative estimate of drug-likeness (QED) is 0.840. The summed E-state index contributed by atoms with van der Waals surface area (Å²) in [4.78, 5) is 0. The van der Waals surface area contributed by atoms with Gasteiger partial charge in [-0.15, -0.1) is 0 Å². The molecular weight excluding hydrogens is 349 g/mol. The van der Waals surface area contributed by atoms with Gasteiger partial charge < -0.3 is 5.32 Å². The SMILES string of the molecule is CCn1cc(CNc2cc(I)ccc2Cl)cn1. The number of anilines is 1. The molecule has 2 aromatic rings. The van der Waals surface area contributed by atoms with E-state index in [-0.39, 0.29) is 0 Å². The van der Waals surface area contributed by atoms with E-state index in [1.807, 2.05) is 35.3 Å². The van der Waals surface area contributed by atoms with Gasteiger partial charge in [0.05, 0.1) is 16.9 Å². The van der Waals surface area contributed by atoms with Crippen LogP contribution >= 0.6 is 34.2 Å². The number of hydrogen-bond acceptors (Lipinski definition) is 2. The topological polar surface area (TPSA) is 29.9 Å². The standard InChI is InChI=1S/C12H13ClIN3/c1-2-17-8-9(7-16-17)6-15-12-5-10(14)3-4-11(12)13/h3-5,7-8,15H,2,6H2,1H3. The Kier molecular flexibility index (Phi) is 4.28. The molecule has 3 nitrogen and oxygen atoms in total. The van der Waals surface area contributed by atoms with Gasteiger partial charge in [0.2, 0.25) is 0 Å². The van der Waals surface area contributed by atoms with Crippen molar-refractivity contribution in [2.24, 2.45) is 0 Å². The molecule has 1 N–H and O–H groups in total. The van der Waals surface area contributed by atoms with Crippen molar-refractivity contribution in [3.05, 3.63) is 44.7 Å². The summed E-state index contributed by atoms with van der Waals surface area (Å²) in [5, 5.41) is 8.29. The lowest BCUT2D eigenvalue weighted by atomic mass is 10.3. The number of halogens is 2. The predicted molar refractivity (Wildman–Crippen MR) is 79.4 cm³/mol. The van der Waals surface area contributed by atoms with Gasteiger partial charge in [-0.3, -0.25) is 4.68 Å². The minimum atomic E-state index is 0.736. The van der Waals surface area contributed by atoms with Crippen LogP contribution in [0.15, 0.2) is 30.6 Å². The molecule has 1 aromatic heterocycles.